The molecule has 0 fully saturated rings. The average Bonchev–Trinajstić information content (AvgIpc) is 3.39. The zero-order valence-electron chi connectivity index (χ0n) is 16.9. The lowest BCUT2D eigenvalue weighted by molar-refractivity contribution is 0.256. The first kappa shape index (κ1) is 20.0. The van der Waals surface area contributed by atoms with Crippen LogP contribution in [0.25, 0.3) is 0 Å². The van der Waals surface area contributed by atoms with Crippen molar-refractivity contribution in [2.45, 2.75) is 70.1 Å². The van der Waals surface area contributed by atoms with Crippen LogP contribution >= 0.6 is 0 Å². The first-order valence-electron chi connectivity index (χ1n) is 10.2. The number of fused-ring (bicyclic) bond motifs is 2. The predicted molar refractivity (Wildman–Crippen MR) is 112 cm³/mol. The topological polar surface area (TPSA) is 107 Å². The molecule has 0 saturated heterocycles. The van der Waals surface area contributed by atoms with E-state index in [0.717, 1.165) is 49.8 Å². The number of anilines is 1. The molecule has 2 aliphatic rings. The van der Waals surface area contributed by atoms with Crippen molar-refractivity contribution in [2.24, 2.45) is 0 Å². The van der Waals surface area contributed by atoms with E-state index in [0.29, 0.717) is 12.6 Å². The van der Waals surface area contributed by atoms with Gasteiger partial charge in [-0.05, 0) is 60.8 Å². The molecule has 0 aliphatic heterocycles. The van der Waals surface area contributed by atoms with Gasteiger partial charge in [-0.2, -0.15) is 0 Å². The number of aryl methyl sites for hydroxylation is 2. The number of hydrogen-bond acceptors (Lipinski definition) is 5. The second-order valence-corrected chi connectivity index (χ2v) is 9.87. The number of hydrogen-bond donors (Lipinski definition) is 4. The summed E-state index contributed by atoms with van der Waals surface area (Å²) in [6, 6.07) is 3.52. The minimum Gasteiger partial charge on any atom is -0.452 e. The summed E-state index contributed by atoms with van der Waals surface area (Å²) in [5.41, 5.74) is 6.65. The fraction of sp³-hybridized carbons (Fsp3) is 0.476. The van der Waals surface area contributed by atoms with E-state index in [4.69, 9.17) is 9.20 Å². The lowest BCUT2D eigenvalue weighted by atomic mass is 9.99. The number of carbonyl (C=O) groups is 1. The maximum Gasteiger partial charge on any atom is 0.332 e. The summed E-state index contributed by atoms with van der Waals surface area (Å²) in [7, 11) is -3.58. The molecular weight excluding hydrogens is 388 g/mol. The Hall–Kier alpha value is -2.32. The molecule has 0 saturated carbocycles. The predicted octanol–water partition coefficient (Wildman–Crippen LogP) is 3.90. The smallest absolute Gasteiger partial charge is 0.332 e. The molecule has 1 aromatic carbocycles. The second kappa shape index (κ2) is 7.84. The van der Waals surface area contributed by atoms with Crippen molar-refractivity contribution < 1.29 is 13.4 Å². The number of furan rings is 1. The van der Waals surface area contributed by atoms with Crippen molar-refractivity contribution in [3.63, 3.8) is 0 Å². The highest BCUT2D eigenvalue weighted by Crippen LogP contribution is 2.38. The van der Waals surface area contributed by atoms with Gasteiger partial charge in [0.15, 0.2) is 9.92 Å². The lowest BCUT2D eigenvalue weighted by Crippen LogP contribution is -2.34. The number of benzene rings is 1. The third kappa shape index (κ3) is 4.18. The van der Waals surface area contributed by atoms with Gasteiger partial charge in [0.1, 0.15) is 0 Å². The fourth-order valence-corrected chi connectivity index (χ4v) is 5.12. The third-order valence-electron chi connectivity index (χ3n) is 5.58. The molecule has 0 bridgehead atoms. The van der Waals surface area contributed by atoms with Crippen LogP contribution < -0.4 is 15.4 Å². The molecule has 1 heterocycles. The Morgan fingerprint density at radius 1 is 1.14 bits per heavy atom. The van der Waals surface area contributed by atoms with Gasteiger partial charge < -0.3 is 15.1 Å². The van der Waals surface area contributed by atoms with Crippen LogP contribution in [0.1, 0.15) is 54.5 Å². The van der Waals surface area contributed by atoms with Gasteiger partial charge >= 0.3 is 6.03 Å². The molecule has 0 spiro atoms. The molecule has 1 aromatic heterocycles. The summed E-state index contributed by atoms with van der Waals surface area (Å²) in [4.78, 5) is 12.6. The molecule has 8 heteroatoms. The summed E-state index contributed by atoms with van der Waals surface area (Å²) in [5, 5.41) is 6.10. The Balaban J connectivity index is 1.49. The van der Waals surface area contributed by atoms with Gasteiger partial charge in [-0.3, -0.25) is 0 Å². The maximum atomic E-state index is 12.8. The van der Waals surface area contributed by atoms with E-state index in [-0.39, 0.29) is 5.09 Å². The van der Waals surface area contributed by atoms with Gasteiger partial charge in [0.05, 0.1) is 6.26 Å². The van der Waals surface area contributed by atoms with E-state index < -0.39 is 15.9 Å². The van der Waals surface area contributed by atoms with E-state index in [1.165, 1.54) is 28.5 Å². The van der Waals surface area contributed by atoms with Gasteiger partial charge in [-0.1, -0.05) is 19.9 Å². The van der Waals surface area contributed by atoms with Crippen LogP contribution in [0.3, 0.4) is 0 Å². The molecule has 0 radical (unpaired) electrons. The van der Waals surface area contributed by atoms with Crippen molar-refractivity contribution >= 4 is 21.6 Å². The maximum absolute atomic E-state index is 12.8. The van der Waals surface area contributed by atoms with Gasteiger partial charge in [0.2, 0.25) is 5.09 Å². The molecule has 156 valence electrons. The second-order valence-electron chi connectivity index (χ2n) is 8.16. The Kier molecular flexibility index (Phi) is 5.40. The van der Waals surface area contributed by atoms with Crippen LogP contribution in [0.4, 0.5) is 10.5 Å². The quantitative estimate of drug-likeness (QED) is 0.573. The third-order valence-corrected chi connectivity index (χ3v) is 6.83. The Morgan fingerprint density at radius 2 is 1.79 bits per heavy atom. The summed E-state index contributed by atoms with van der Waals surface area (Å²) >= 11 is 0. The summed E-state index contributed by atoms with van der Waals surface area (Å²) in [6.07, 6.45) is 7.60. The SMILES string of the molecule is CC(C)NCc1coc(S(=N)(=O)NC(=O)Nc2c3c(cc4c2CCC4)CCC3)c1. The monoisotopic (exact) mass is 416 g/mol. The standard InChI is InChI=1S/C21H28N4O3S/c1-13(2)23-11-14-9-19(28-12-14)29(22,27)25-21(26)24-20-17-7-3-5-15(17)10-16-6-4-8-18(16)20/h9-10,12-13,23H,3-8,11H2,1-2H3,(H3,22,24,25,26,27). The highest BCUT2D eigenvalue weighted by atomic mass is 32.2. The van der Waals surface area contributed by atoms with Crippen LogP contribution in [0.15, 0.2) is 27.9 Å². The Bertz CT molecular complexity index is 1010. The van der Waals surface area contributed by atoms with E-state index in [1.54, 1.807) is 6.07 Å². The highest BCUT2D eigenvalue weighted by Gasteiger charge is 2.26. The minimum atomic E-state index is -3.58. The largest absolute Gasteiger partial charge is 0.452 e. The molecular formula is C21H28N4O3S. The van der Waals surface area contributed by atoms with Crippen molar-refractivity contribution in [3.05, 3.63) is 46.2 Å². The van der Waals surface area contributed by atoms with Crippen LogP contribution in [0, 0.1) is 4.78 Å². The van der Waals surface area contributed by atoms with Crippen molar-refractivity contribution in [2.75, 3.05) is 5.32 Å². The first-order valence-corrected chi connectivity index (χ1v) is 11.7. The number of urea groups is 1. The normalized spacial score (nSPS) is 17.1. The molecule has 1 atom stereocenters. The first-order chi connectivity index (χ1) is 13.8. The fourth-order valence-electron chi connectivity index (χ4n) is 4.21. The van der Waals surface area contributed by atoms with Gasteiger partial charge in [-0.25, -0.2) is 18.5 Å². The van der Waals surface area contributed by atoms with E-state index in [9.17, 15) is 9.00 Å². The van der Waals surface area contributed by atoms with Crippen LogP contribution in [0.5, 0.6) is 0 Å². The zero-order chi connectivity index (χ0) is 20.6. The molecule has 1 unspecified atom stereocenters. The van der Waals surface area contributed by atoms with Crippen LogP contribution in [-0.2, 0) is 42.1 Å². The molecule has 4 rings (SSSR count). The lowest BCUT2D eigenvalue weighted by Gasteiger charge is -2.16. The average molecular weight is 417 g/mol. The Labute approximate surface area is 171 Å². The van der Waals surface area contributed by atoms with Crippen LogP contribution in [0.2, 0.25) is 0 Å². The molecule has 2 aliphatic carbocycles. The minimum absolute atomic E-state index is 0.0447. The molecule has 4 N–H and O–H groups in total. The summed E-state index contributed by atoms with van der Waals surface area (Å²) < 4.78 is 28.6. The molecule has 2 amide bonds. The van der Waals surface area contributed by atoms with Crippen molar-refractivity contribution in [3.8, 4) is 0 Å². The van der Waals surface area contributed by atoms with E-state index >= 15 is 0 Å². The Morgan fingerprint density at radius 3 is 2.41 bits per heavy atom. The molecule has 2 aromatic rings. The molecule has 7 nitrogen and oxygen atoms in total. The summed E-state index contributed by atoms with van der Waals surface area (Å²) in [5.74, 6) is 0. The number of amides is 2. The number of carbonyl (C=O) groups excluding carboxylic acids is 1. The van der Waals surface area contributed by atoms with Gasteiger partial charge in [0, 0.05) is 29.9 Å². The zero-order valence-corrected chi connectivity index (χ0v) is 17.7. The number of rotatable bonds is 6. The molecule has 29 heavy (non-hydrogen) atoms. The summed E-state index contributed by atoms with van der Waals surface area (Å²) in [6.45, 7) is 4.60. The van der Waals surface area contributed by atoms with Gasteiger partial charge in [0.25, 0.3) is 0 Å². The van der Waals surface area contributed by atoms with E-state index in [2.05, 4.69) is 21.4 Å². The van der Waals surface area contributed by atoms with Crippen LogP contribution in [-0.4, -0.2) is 16.3 Å². The highest BCUT2D eigenvalue weighted by molar-refractivity contribution is 7.91. The van der Waals surface area contributed by atoms with E-state index in [1.807, 2.05) is 13.8 Å². The van der Waals surface area contributed by atoms with Crippen molar-refractivity contribution in [1.82, 2.24) is 10.0 Å². The number of nitrogens with one attached hydrogen (secondary N) is 4. The van der Waals surface area contributed by atoms with Crippen molar-refractivity contribution in [1.29, 1.82) is 4.78 Å². The van der Waals surface area contributed by atoms with Gasteiger partial charge in [-0.15, -0.1) is 0 Å².